The SMILES string of the molecule is O=C1CCN(Cc2ccncc2)CCC[C@H](C(=O)NCCN2CCC(N3CCCCC3)CC2)CCN1. The van der Waals surface area contributed by atoms with Crippen LogP contribution in [-0.2, 0) is 16.1 Å². The summed E-state index contributed by atoms with van der Waals surface area (Å²) in [6.07, 6.45) is 13.3. The molecule has 4 rings (SSSR count). The summed E-state index contributed by atoms with van der Waals surface area (Å²) in [5.74, 6) is 0.173. The lowest BCUT2D eigenvalue weighted by Crippen LogP contribution is -2.48. The fourth-order valence-corrected chi connectivity index (χ4v) is 5.99. The molecule has 0 unspecified atom stereocenters. The fraction of sp³-hybridized carbons (Fsp3) is 0.750. The smallest absolute Gasteiger partial charge is 0.223 e. The molecular formula is C28H46N6O2. The van der Waals surface area contributed by atoms with Gasteiger partial charge in [-0.15, -0.1) is 0 Å². The zero-order chi connectivity index (χ0) is 25.0. The van der Waals surface area contributed by atoms with Crippen LogP contribution in [0.4, 0.5) is 0 Å². The van der Waals surface area contributed by atoms with Gasteiger partial charge in [-0.05, 0) is 95.4 Å². The van der Waals surface area contributed by atoms with E-state index < -0.39 is 0 Å². The van der Waals surface area contributed by atoms with Crippen molar-refractivity contribution < 1.29 is 9.59 Å². The molecular weight excluding hydrogens is 452 g/mol. The normalized spacial score (nSPS) is 24.6. The van der Waals surface area contributed by atoms with Crippen LogP contribution in [0, 0.1) is 5.92 Å². The summed E-state index contributed by atoms with van der Waals surface area (Å²) in [4.78, 5) is 37.0. The Morgan fingerprint density at radius 2 is 1.69 bits per heavy atom. The molecule has 1 aromatic heterocycles. The molecule has 1 aromatic rings. The third-order valence-electron chi connectivity index (χ3n) is 8.21. The summed E-state index contributed by atoms with van der Waals surface area (Å²) in [7, 11) is 0. The van der Waals surface area contributed by atoms with Gasteiger partial charge in [0, 0.05) is 63.5 Å². The summed E-state index contributed by atoms with van der Waals surface area (Å²) >= 11 is 0. The lowest BCUT2D eigenvalue weighted by Gasteiger charge is -2.40. The monoisotopic (exact) mass is 498 g/mol. The van der Waals surface area contributed by atoms with Crippen molar-refractivity contribution in [2.75, 3.05) is 58.9 Å². The number of amides is 2. The summed E-state index contributed by atoms with van der Waals surface area (Å²) in [6, 6.07) is 4.81. The minimum absolute atomic E-state index is 0.0454. The molecule has 0 aromatic carbocycles. The van der Waals surface area contributed by atoms with Gasteiger partial charge in [-0.2, -0.15) is 0 Å². The molecule has 3 fully saturated rings. The van der Waals surface area contributed by atoms with E-state index in [0.717, 1.165) is 58.2 Å². The van der Waals surface area contributed by atoms with Crippen molar-refractivity contribution in [1.29, 1.82) is 0 Å². The van der Waals surface area contributed by atoms with Crippen molar-refractivity contribution in [2.24, 2.45) is 5.92 Å². The highest BCUT2D eigenvalue weighted by Gasteiger charge is 2.26. The molecule has 3 aliphatic heterocycles. The Kier molecular flexibility index (Phi) is 11.0. The highest BCUT2D eigenvalue weighted by molar-refractivity contribution is 5.79. The molecule has 8 nitrogen and oxygen atoms in total. The second-order valence-corrected chi connectivity index (χ2v) is 10.8. The van der Waals surface area contributed by atoms with Gasteiger partial charge >= 0.3 is 0 Å². The number of likely N-dealkylation sites (tertiary alicyclic amines) is 2. The van der Waals surface area contributed by atoms with E-state index in [0.29, 0.717) is 25.9 Å². The van der Waals surface area contributed by atoms with Crippen molar-refractivity contribution in [2.45, 2.75) is 70.4 Å². The molecule has 0 spiro atoms. The first kappa shape index (κ1) is 27.0. The Hall–Kier alpha value is -2.03. The number of aromatic nitrogens is 1. The second kappa shape index (κ2) is 14.6. The topological polar surface area (TPSA) is 80.8 Å². The van der Waals surface area contributed by atoms with E-state index in [1.807, 2.05) is 24.5 Å². The van der Waals surface area contributed by atoms with Crippen LogP contribution < -0.4 is 10.6 Å². The molecule has 36 heavy (non-hydrogen) atoms. The molecule has 1 atom stereocenters. The first-order chi connectivity index (χ1) is 17.7. The molecule has 2 N–H and O–H groups in total. The largest absolute Gasteiger partial charge is 0.356 e. The molecule has 3 saturated heterocycles. The van der Waals surface area contributed by atoms with Crippen molar-refractivity contribution in [3.63, 3.8) is 0 Å². The van der Waals surface area contributed by atoms with E-state index in [9.17, 15) is 9.59 Å². The third-order valence-corrected chi connectivity index (χ3v) is 8.21. The maximum absolute atomic E-state index is 13.0. The highest BCUT2D eigenvalue weighted by Crippen LogP contribution is 2.21. The van der Waals surface area contributed by atoms with E-state index in [4.69, 9.17) is 0 Å². The summed E-state index contributed by atoms with van der Waals surface area (Å²) in [5, 5.41) is 6.23. The standard InChI is InChI=1S/C28H46N6O2/c35-27-11-21-33(23-24-6-12-29-13-7-24)16-4-5-25(8-14-30-27)28(36)31-15-22-32-19-9-26(10-20-32)34-17-2-1-3-18-34/h6-7,12-13,25-26H,1-5,8-11,14-23H2,(H,30,35)(H,31,36)/t25-/m0/s1. The molecule has 3 aliphatic rings. The predicted molar refractivity (Wildman–Crippen MR) is 142 cm³/mol. The number of nitrogens with zero attached hydrogens (tertiary/aromatic N) is 4. The fourth-order valence-electron chi connectivity index (χ4n) is 5.99. The molecule has 0 aliphatic carbocycles. The lowest BCUT2D eigenvalue weighted by molar-refractivity contribution is -0.126. The average molecular weight is 499 g/mol. The molecule has 2 amide bonds. The number of nitrogens with one attached hydrogen (secondary N) is 2. The zero-order valence-electron chi connectivity index (χ0n) is 22.0. The van der Waals surface area contributed by atoms with Crippen molar-refractivity contribution in [1.82, 2.24) is 30.3 Å². The molecule has 8 heteroatoms. The summed E-state index contributed by atoms with van der Waals surface area (Å²) in [6.45, 7) is 9.50. The van der Waals surface area contributed by atoms with Crippen LogP contribution in [0.5, 0.6) is 0 Å². The highest BCUT2D eigenvalue weighted by atomic mass is 16.2. The quantitative estimate of drug-likeness (QED) is 0.600. The van der Waals surface area contributed by atoms with Crippen LogP contribution in [0.2, 0.25) is 0 Å². The van der Waals surface area contributed by atoms with Gasteiger partial charge in [0.15, 0.2) is 0 Å². The minimum Gasteiger partial charge on any atom is -0.356 e. The third kappa shape index (κ3) is 8.82. The number of carbonyl (C=O) groups is 2. The van der Waals surface area contributed by atoms with Gasteiger partial charge in [0.2, 0.25) is 11.8 Å². The molecule has 0 bridgehead atoms. The molecule has 4 heterocycles. The van der Waals surface area contributed by atoms with Crippen molar-refractivity contribution in [3.8, 4) is 0 Å². The number of rotatable bonds is 7. The van der Waals surface area contributed by atoms with Gasteiger partial charge in [-0.25, -0.2) is 0 Å². The molecule has 0 radical (unpaired) electrons. The van der Waals surface area contributed by atoms with Gasteiger partial charge < -0.3 is 20.4 Å². The predicted octanol–water partition coefficient (Wildman–Crippen LogP) is 2.26. The summed E-state index contributed by atoms with van der Waals surface area (Å²) < 4.78 is 0. The minimum atomic E-state index is -0.0454. The number of pyridine rings is 1. The van der Waals surface area contributed by atoms with E-state index in [2.05, 4.69) is 30.3 Å². The Labute approximate surface area is 217 Å². The lowest BCUT2D eigenvalue weighted by atomic mass is 9.98. The average Bonchev–Trinajstić information content (AvgIpc) is 2.95. The van der Waals surface area contributed by atoms with Gasteiger partial charge in [0.05, 0.1) is 0 Å². The number of piperidine rings is 2. The van der Waals surface area contributed by atoms with Crippen LogP contribution in [0.1, 0.15) is 63.4 Å². The number of hydrogen-bond donors (Lipinski definition) is 2. The van der Waals surface area contributed by atoms with Crippen molar-refractivity contribution >= 4 is 11.8 Å². The first-order valence-electron chi connectivity index (χ1n) is 14.3. The van der Waals surface area contributed by atoms with Gasteiger partial charge in [0.25, 0.3) is 0 Å². The van der Waals surface area contributed by atoms with Gasteiger partial charge in [-0.1, -0.05) is 6.42 Å². The zero-order valence-corrected chi connectivity index (χ0v) is 22.0. The van der Waals surface area contributed by atoms with Gasteiger partial charge in [0.1, 0.15) is 0 Å². The van der Waals surface area contributed by atoms with Crippen LogP contribution in [0.25, 0.3) is 0 Å². The van der Waals surface area contributed by atoms with E-state index in [1.54, 1.807) is 0 Å². The van der Waals surface area contributed by atoms with Crippen molar-refractivity contribution in [3.05, 3.63) is 30.1 Å². The van der Waals surface area contributed by atoms with Crippen LogP contribution in [0.15, 0.2) is 24.5 Å². The van der Waals surface area contributed by atoms with Crippen LogP contribution >= 0.6 is 0 Å². The number of carbonyl (C=O) groups excluding carboxylic acids is 2. The Morgan fingerprint density at radius 1 is 0.917 bits per heavy atom. The maximum Gasteiger partial charge on any atom is 0.223 e. The maximum atomic E-state index is 13.0. The Morgan fingerprint density at radius 3 is 2.47 bits per heavy atom. The summed E-state index contributed by atoms with van der Waals surface area (Å²) in [5.41, 5.74) is 1.20. The molecule has 0 saturated carbocycles. The van der Waals surface area contributed by atoms with E-state index in [1.165, 1.54) is 50.8 Å². The van der Waals surface area contributed by atoms with E-state index >= 15 is 0 Å². The Balaban J connectivity index is 1.18. The van der Waals surface area contributed by atoms with E-state index in [-0.39, 0.29) is 17.7 Å². The Bertz CT molecular complexity index is 792. The second-order valence-electron chi connectivity index (χ2n) is 10.8. The van der Waals surface area contributed by atoms with Gasteiger partial charge in [-0.3, -0.25) is 19.5 Å². The van der Waals surface area contributed by atoms with Crippen LogP contribution in [0.3, 0.4) is 0 Å². The first-order valence-corrected chi connectivity index (χ1v) is 14.3. The molecule has 200 valence electrons. The number of hydrogen-bond acceptors (Lipinski definition) is 6. The van der Waals surface area contributed by atoms with Crippen LogP contribution in [-0.4, -0.2) is 96.4 Å².